The molecule has 0 aliphatic rings. The zero-order chi connectivity index (χ0) is 20.6. The summed E-state index contributed by atoms with van der Waals surface area (Å²) in [6, 6.07) is 20.6. The highest BCUT2D eigenvalue weighted by Gasteiger charge is 2.50. The molecule has 5 heteroatoms. The zero-order valence-corrected chi connectivity index (χ0v) is 18.0. The number of halogens is 2. The van der Waals surface area contributed by atoms with Crippen molar-refractivity contribution in [3.05, 3.63) is 73.3 Å². The number of nitrogens with one attached hydrogen (secondary N) is 1. The molecule has 2 aromatic carbocycles. The largest absolute Gasteiger partial charge is 0.405 e. The molecule has 1 N–H and O–H groups in total. The molecule has 2 nitrogen and oxygen atoms in total. The summed E-state index contributed by atoms with van der Waals surface area (Å²) >= 11 is 0. The third-order valence-electron chi connectivity index (χ3n) is 4.95. The summed E-state index contributed by atoms with van der Waals surface area (Å²) in [7, 11) is -2.63. The minimum Gasteiger partial charge on any atom is -0.405 e. The maximum atomic E-state index is 12.5. The van der Waals surface area contributed by atoms with E-state index >= 15 is 0 Å². The average molecular weight is 404 g/mol. The summed E-state index contributed by atoms with van der Waals surface area (Å²) < 4.78 is 31.7. The lowest BCUT2D eigenvalue weighted by molar-refractivity contribution is 0.135. The first-order valence-corrected chi connectivity index (χ1v) is 11.6. The number of rotatable bonds is 10. The third-order valence-corrected chi connectivity index (χ3v) is 9.95. The number of hydrogen-bond acceptors (Lipinski definition) is 2. The second kappa shape index (κ2) is 10.1. The molecule has 152 valence electrons. The highest BCUT2D eigenvalue weighted by Crippen LogP contribution is 2.36. The maximum absolute atomic E-state index is 12.5. The van der Waals surface area contributed by atoms with Gasteiger partial charge in [-0.1, -0.05) is 87.5 Å². The van der Waals surface area contributed by atoms with Crippen LogP contribution >= 0.6 is 0 Å². The molecule has 0 bridgehead atoms. The van der Waals surface area contributed by atoms with Gasteiger partial charge in [-0.25, -0.2) is 8.78 Å². The van der Waals surface area contributed by atoms with Gasteiger partial charge in [0.1, 0.15) is 0 Å². The maximum Gasteiger partial charge on any atom is 0.261 e. The monoisotopic (exact) mass is 403 g/mol. The quantitative estimate of drug-likeness (QED) is 0.470. The SMILES string of the molecule is C=CC(CO[Si](c1ccccc1)(c1ccccc1)C(C)(C)C)NCCC(F)F. The van der Waals surface area contributed by atoms with Crippen molar-refractivity contribution in [2.45, 2.75) is 44.7 Å². The fraction of sp³-hybridized carbons (Fsp3) is 0.391. The van der Waals surface area contributed by atoms with E-state index in [0.29, 0.717) is 6.61 Å². The lowest BCUT2D eigenvalue weighted by Gasteiger charge is -2.43. The zero-order valence-electron chi connectivity index (χ0n) is 17.0. The molecular weight excluding hydrogens is 372 g/mol. The van der Waals surface area contributed by atoms with E-state index in [0.717, 1.165) is 0 Å². The highest BCUT2D eigenvalue weighted by atomic mass is 28.4. The summed E-state index contributed by atoms with van der Waals surface area (Å²) in [6.45, 7) is 11.1. The van der Waals surface area contributed by atoms with Gasteiger partial charge < -0.3 is 9.74 Å². The summed E-state index contributed by atoms with van der Waals surface area (Å²) in [6.07, 6.45) is -0.747. The Morgan fingerprint density at radius 1 is 1.00 bits per heavy atom. The molecule has 2 rings (SSSR count). The van der Waals surface area contributed by atoms with E-state index in [-0.39, 0.29) is 24.0 Å². The lowest BCUT2D eigenvalue weighted by atomic mass is 10.2. The molecule has 2 aromatic rings. The van der Waals surface area contributed by atoms with Gasteiger partial charge in [0.2, 0.25) is 6.43 Å². The fourth-order valence-electron chi connectivity index (χ4n) is 3.56. The van der Waals surface area contributed by atoms with Gasteiger partial charge >= 0.3 is 0 Å². The van der Waals surface area contributed by atoms with Crippen molar-refractivity contribution < 1.29 is 13.2 Å². The van der Waals surface area contributed by atoms with Crippen LogP contribution in [-0.4, -0.2) is 33.9 Å². The third kappa shape index (κ3) is 5.37. The standard InChI is InChI=1S/C23H31F2NOSi/c1-5-19(26-17-16-22(24)25)18-27-28(23(2,3)4,20-12-8-6-9-13-20)21-14-10-7-11-15-21/h5-15,19,22,26H,1,16-18H2,2-4H3. The normalized spacial score (nSPS) is 13.5. The van der Waals surface area contributed by atoms with Crippen LogP contribution in [-0.2, 0) is 4.43 Å². The topological polar surface area (TPSA) is 21.3 Å². The Hall–Kier alpha value is -1.82. The van der Waals surface area contributed by atoms with E-state index in [2.05, 4.69) is 56.9 Å². The van der Waals surface area contributed by atoms with Crippen LogP contribution in [0, 0.1) is 0 Å². The highest BCUT2D eigenvalue weighted by molar-refractivity contribution is 6.99. The van der Waals surface area contributed by atoms with Gasteiger partial charge in [0.05, 0.1) is 6.61 Å². The Balaban J connectivity index is 2.37. The van der Waals surface area contributed by atoms with Crippen LogP contribution in [0.15, 0.2) is 73.3 Å². The second-order valence-corrected chi connectivity index (χ2v) is 12.3. The first-order chi connectivity index (χ1) is 13.3. The molecular formula is C23H31F2NOSi. The Morgan fingerprint density at radius 3 is 1.89 bits per heavy atom. The smallest absolute Gasteiger partial charge is 0.261 e. The van der Waals surface area contributed by atoms with Crippen LogP contribution in [0.3, 0.4) is 0 Å². The van der Waals surface area contributed by atoms with E-state index in [1.807, 2.05) is 36.4 Å². The molecule has 0 amide bonds. The van der Waals surface area contributed by atoms with Crippen molar-refractivity contribution in [3.8, 4) is 0 Å². The second-order valence-electron chi connectivity index (χ2n) is 7.95. The summed E-state index contributed by atoms with van der Waals surface area (Å²) in [5.41, 5.74) is 0. The lowest BCUT2D eigenvalue weighted by Crippen LogP contribution is -2.67. The Kier molecular flexibility index (Phi) is 8.10. The molecule has 28 heavy (non-hydrogen) atoms. The van der Waals surface area contributed by atoms with Crippen LogP contribution in [0.4, 0.5) is 8.78 Å². The first-order valence-electron chi connectivity index (χ1n) is 9.70. The first kappa shape index (κ1) is 22.5. The van der Waals surface area contributed by atoms with E-state index in [1.165, 1.54) is 10.4 Å². The van der Waals surface area contributed by atoms with E-state index in [9.17, 15) is 8.78 Å². The van der Waals surface area contributed by atoms with Gasteiger partial charge in [-0.15, -0.1) is 6.58 Å². The van der Waals surface area contributed by atoms with Gasteiger partial charge in [-0.2, -0.15) is 0 Å². The molecule has 0 aromatic heterocycles. The number of hydrogen-bond donors (Lipinski definition) is 1. The predicted molar refractivity (Wildman–Crippen MR) is 116 cm³/mol. The van der Waals surface area contributed by atoms with Gasteiger partial charge in [0.15, 0.2) is 0 Å². The van der Waals surface area contributed by atoms with Crippen LogP contribution in [0.25, 0.3) is 0 Å². The molecule has 0 saturated heterocycles. The fourth-order valence-corrected chi connectivity index (χ4v) is 8.15. The molecule has 1 atom stereocenters. The molecule has 0 saturated carbocycles. The van der Waals surface area contributed by atoms with E-state index < -0.39 is 14.7 Å². The van der Waals surface area contributed by atoms with Crippen LogP contribution in [0.5, 0.6) is 0 Å². The summed E-state index contributed by atoms with van der Waals surface area (Å²) in [5.74, 6) is 0. The van der Waals surface area contributed by atoms with Crippen LogP contribution in [0.1, 0.15) is 27.2 Å². The van der Waals surface area contributed by atoms with Crippen molar-refractivity contribution in [1.82, 2.24) is 5.32 Å². The number of benzene rings is 2. The molecule has 0 spiro atoms. The van der Waals surface area contributed by atoms with Crippen molar-refractivity contribution >= 4 is 18.7 Å². The van der Waals surface area contributed by atoms with Gasteiger partial charge in [-0.05, 0) is 15.4 Å². The van der Waals surface area contributed by atoms with Gasteiger partial charge in [0.25, 0.3) is 8.32 Å². The Labute approximate surface area is 168 Å². The van der Waals surface area contributed by atoms with Crippen molar-refractivity contribution in [3.63, 3.8) is 0 Å². The minimum atomic E-state index is -2.63. The Bertz CT molecular complexity index is 677. The van der Waals surface area contributed by atoms with Crippen molar-refractivity contribution in [2.24, 2.45) is 0 Å². The molecule has 0 aliphatic heterocycles. The van der Waals surface area contributed by atoms with Crippen LogP contribution < -0.4 is 15.7 Å². The van der Waals surface area contributed by atoms with E-state index in [4.69, 9.17) is 4.43 Å². The predicted octanol–water partition coefficient (Wildman–Crippen LogP) is 4.36. The Morgan fingerprint density at radius 2 is 1.50 bits per heavy atom. The van der Waals surface area contributed by atoms with Gasteiger partial charge in [-0.3, -0.25) is 0 Å². The average Bonchev–Trinajstić information content (AvgIpc) is 2.67. The van der Waals surface area contributed by atoms with Crippen LogP contribution in [0.2, 0.25) is 5.04 Å². The van der Waals surface area contributed by atoms with Gasteiger partial charge in [0, 0.05) is 19.0 Å². The van der Waals surface area contributed by atoms with Crippen molar-refractivity contribution in [1.29, 1.82) is 0 Å². The molecule has 0 aliphatic carbocycles. The molecule has 1 unspecified atom stereocenters. The van der Waals surface area contributed by atoms with Crippen molar-refractivity contribution in [2.75, 3.05) is 13.2 Å². The molecule has 0 radical (unpaired) electrons. The molecule has 0 fully saturated rings. The summed E-state index contributed by atoms with van der Waals surface area (Å²) in [5, 5.41) is 5.40. The molecule has 0 heterocycles. The summed E-state index contributed by atoms with van der Waals surface area (Å²) in [4.78, 5) is 0. The number of alkyl halides is 2. The van der Waals surface area contributed by atoms with E-state index in [1.54, 1.807) is 6.08 Å². The minimum absolute atomic E-state index is 0.121.